The zero-order valence-corrected chi connectivity index (χ0v) is 12.3. The molecule has 4 amide bonds. The van der Waals surface area contributed by atoms with E-state index in [1.165, 1.54) is 0 Å². The fraction of sp³-hybridized carbons (Fsp3) is 0.625. The number of hydrogen-bond acceptors (Lipinski definition) is 4. The molecule has 0 spiro atoms. The molecule has 2 heterocycles. The summed E-state index contributed by atoms with van der Waals surface area (Å²) in [6.07, 6.45) is 9.40. The van der Waals surface area contributed by atoms with E-state index in [1.54, 1.807) is 0 Å². The normalized spacial score (nSPS) is 36.0. The summed E-state index contributed by atoms with van der Waals surface area (Å²) in [6.45, 7) is 0. The van der Waals surface area contributed by atoms with Gasteiger partial charge < -0.3 is 0 Å². The monoisotopic (exact) mass is 304 g/mol. The van der Waals surface area contributed by atoms with E-state index in [0.717, 1.165) is 38.5 Å². The highest BCUT2D eigenvalue weighted by Crippen LogP contribution is 2.33. The lowest BCUT2D eigenvalue weighted by Crippen LogP contribution is -2.21. The van der Waals surface area contributed by atoms with Crippen LogP contribution >= 0.6 is 0 Å². The van der Waals surface area contributed by atoms with Gasteiger partial charge in [-0.05, 0) is 25.7 Å². The summed E-state index contributed by atoms with van der Waals surface area (Å²) < 4.78 is 0. The van der Waals surface area contributed by atoms with Gasteiger partial charge >= 0.3 is 0 Å². The van der Waals surface area contributed by atoms with Gasteiger partial charge in [-0.15, -0.1) is 0 Å². The summed E-state index contributed by atoms with van der Waals surface area (Å²) in [5.41, 5.74) is 0. The molecule has 4 aliphatic rings. The molecule has 2 aliphatic carbocycles. The molecule has 2 N–H and O–H groups in total. The molecule has 0 aromatic heterocycles. The molecule has 2 aliphatic heterocycles. The molecule has 4 rings (SSSR count). The quantitative estimate of drug-likeness (QED) is 0.508. The van der Waals surface area contributed by atoms with Crippen molar-refractivity contribution in [2.45, 2.75) is 38.5 Å². The van der Waals surface area contributed by atoms with Crippen LogP contribution in [0.5, 0.6) is 0 Å². The van der Waals surface area contributed by atoms with Gasteiger partial charge in [0.1, 0.15) is 0 Å². The van der Waals surface area contributed by atoms with Gasteiger partial charge in [-0.2, -0.15) is 0 Å². The molecule has 22 heavy (non-hydrogen) atoms. The smallest absolute Gasteiger partial charge is 0.230 e. The van der Waals surface area contributed by atoms with E-state index in [2.05, 4.69) is 10.6 Å². The summed E-state index contributed by atoms with van der Waals surface area (Å²) in [6, 6.07) is 0. The number of imide groups is 2. The van der Waals surface area contributed by atoms with E-state index < -0.39 is 0 Å². The van der Waals surface area contributed by atoms with Gasteiger partial charge in [-0.3, -0.25) is 29.8 Å². The molecule has 6 nitrogen and oxygen atoms in total. The largest absolute Gasteiger partial charge is 0.296 e. The standard InChI is InChI=1S/C8H11NO2.C8H9NO2/c2*10-7-5-3-1-2-4-6(5)8(11)9-7/h5-6H,1-4H2,(H,9,10,11);1-2,5-6H,3-4H2,(H,9,10,11)/t;5-,6+. The highest BCUT2D eigenvalue weighted by molar-refractivity contribution is 6.05. The second kappa shape index (κ2) is 6.02. The van der Waals surface area contributed by atoms with E-state index >= 15 is 0 Å². The first-order valence-electron chi connectivity index (χ1n) is 7.92. The van der Waals surface area contributed by atoms with E-state index in [-0.39, 0.29) is 47.3 Å². The van der Waals surface area contributed by atoms with E-state index in [9.17, 15) is 19.2 Å². The Bertz CT molecular complexity index is 508. The van der Waals surface area contributed by atoms with E-state index in [1.807, 2.05) is 12.2 Å². The Hall–Kier alpha value is -1.98. The molecule has 4 atom stereocenters. The third kappa shape index (κ3) is 2.69. The Morgan fingerprint density at radius 1 is 0.636 bits per heavy atom. The molecular formula is C16H20N2O4. The lowest BCUT2D eigenvalue weighted by Gasteiger charge is -2.19. The molecule has 0 aromatic rings. The lowest BCUT2D eigenvalue weighted by atomic mass is 9.81. The highest BCUT2D eigenvalue weighted by Gasteiger charge is 2.42. The third-order valence-electron chi connectivity index (χ3n) is 5.04. The number of nitrogens with one attached hydrogen (secondary N) is 2. The van der Waals surface area contributed by atoms with Crippen LogP contribution in [0, 0.1) is 23.7 Å². The van der Waals surface area contributed by atoms with Crippen LogP contribution < -0.4 is 10.6 Å². The first kappa shape index (κ1) is 14.9. The van der Waals surface area contributed by atoms with Crippen molar-refractivity contribution in [2.24, 2.45) is 23.7 Å². The Labute approximate surface area is 128 Å². The van der Waals surface area contributed by atoms with Crippen LogP contribution in [0.2, 0.25) is 0 Å². The molecule has 118 valence electrons. The third-order valence-corrected chi connectivity index (χ3v) is 5.04. The van der Waals surface area contributed by atoms with Crippen LogP contribution in [-0.4, -0.2) is 23.6 Å². The van der Waals surface area contributed by atoms with Crippen molar-refractivity contribution >= 4 is 23.6 Å². The summed E-state index contributed by atoms with van der Waals surface area (Å²) in [5, 5.41) is 4.72. The summed E-state index contributed by atoms with van der Waals surface area (Å²) in [7, 11) is 0. The average Bonchev–Trinajstić information content (AvgIpc) is 2.99. The van der Waals surface area contributed by atoms with Crippen molar-refractivity contribution in [3.63, 3.8) is 0 Å². The number of amides is 4. The van der Waals surface area contributed by atoms with E-state index in [4.69, 9.17) is 0 Å². The van der Waals surface area contributed by atoms with Gasteiger partial charge in [-0.1, -0.05) is 25.0 Å². The predicted molar refractivity (Wildman–Crippen MR) is 77.1 cm³/mol. The SMILES string of the molecule is O=C1NC(=O)C2CCCCC12.O=C1NC(=O)[C@@H]2CC=CC[C@H]12. The zero-order chi connectivity index (χ0) is 15.7. The van der Waals surface area contributed by atoms with Crippen LogP contribution in [0.1, 0.15) is 38.5 Å². The predicted octanol–water partition coefficient (Wildman–Crippen LogP) is 0.674. The molecule has 3 fully saturated rings. The highest BCUT2D eigenvalue weighted by atomic mass is 16.2. The minimum Gasteiger partial charge on any atom is -0.296 e. The lowest BCUT2D eigenvalue weighted by molar-refractivity contribution is -0.127. The maximum absolute atomic E-state index is 11.1. The van der Waals surface area contributed by atoms with Crippen molar-refractivity contribution in [2.75, 3.05) is 0 Å². The van der Waals surface area contributed by atoms with Gasteiger partial charge in [0.25, 0.3) is 0 Å². The Morgan fingerprint density at radius 3 is 1.41 bits per heavy atom. The maximum atomic E-state index is 11.1. The van der Waals surface area contributed by atoms with Gasteiger partial charge in [0.05, 0.1) is 11.8 Å². The first-order valence-corrected chi connectivity index (χ1v) is 7.92. The molecule has 0 bridgehead atoms. The van der Waals surface area contributed by atoms with Crippen molar-refractivity contribution in [1.29, 1.82) is 0 Å². The average molecular weight is 304 g/mol. The summed E-state index contributed by atoms with van der Waals surface area (Å²) in [5.74, 6) is -0.402. The zero-order valence-electron chi connectivity index (χ0n) is 12.3. The molecule has 1 saturated carbocycles. The second-order valence-corrected chi connectivity index (χ2v) is 6.36. The van der Waals surface area contributed by atoms with Gasteiger partial charge in [0.2, 0.25) is 23.6 Å². The van der Waals surface area contributed by atoms with Crippen LogP contribution in [0.15, 0.2) is 12.2 Å². The fourth-order valence-electron chi connectivity index (χ4n) is 3.77. The van der Waals surface area contributed by atoms with Crippen LogP contribution in [0.4, 0.5) is 0 Å². The first-order chi connectivity index (χ1) is 10.6. The molecular weight excluding hydrogens is 284 g/mol. The van der Waals surface area contributed by atoms with Crippen LogP contribution in [0.25, 0.3) is 0 Å². The number of carbonyl (C=O) groups is 4. The maximum Gasteiger partial charge on any atom is 0.230 e. The minimum absolute atomic E-state index is 0.0104. The number of rotatable bonds is 0. The van der Waals surface area contributed by atoms with Crippen molar-refractivity contribution in [3.8, 4) is 0 Å². The van der Waals surface area contributed by atoms with E-state index in [0.29, 0.717) is 0 Å². The number of hydrogen-bond donors (Lipinski definition) is 2. The number of allylic oxidation sites excluding steroid dienone is 2. The van der Waals surface area contributed by atoms with Crippen molar-refractivity contribution in [3.05, 3.63) is 12.2 Å². The molecule has 0 radical (unpaired) electrons. The van der Waals surface area contributed by atoms with Crippen LogP contribution in [-0.2, 0) is 19.2 Å². The van der Waals surface area contributed by atoms with Crippen molar-refractivity contribution < 1.29 is 19.2 Å². The topological polar surface area (TPSA) is 92.3 Å². The van der Waals surface area contributed by atoms with Gasteiger partial charge in [0.15, 0.2) is 0 Å². The molecule has 6 heteroatoms. The molecule has 0 aromatic carbocycles. The minimum atomic E-state index is -0.0932. The van der Waals surface area contributed by atoms with Gasteiger partial charge in [-0.25, -0.2) is 0 Å². The molecule has 2 saturated heterocycles. The Morgan fingerprint density at radius 2 is 1.00 bits per heavy atom. The van der Waals surface area contributed by atoms with Gasteiger partial charge in [0, 0.05) is 11.8 Å². The Balaban J connectivity index is 0.000000131. The summed E-state index contributed by atoms with van der Waals surface area (Å²) >= 11 is 0. The van der Waals surface area contributed by atoms with Crippen molar-refractivity contribution in [1.82, 2.24) is 10.6 Å². The number of carbonyl (C=O) groups excluding carboxylic acids is 4. The molecule has 2 unspecified atom stereocenters. The fourth-order valence-corrected chi connectivity index (χ4v) is 3.77. The second-order valence-electron chi connectivity index (χ2n) is 6.36. The number of fused-ring (bicyclic) bond motifs is 2. The Kier molecular flexibility index (Phi) is 4.09. The van der Waals surface area contributed by atoms with Crippen LogP contribution in [0.3, 0.4) is 0 Å². The summed E-state index contributed by atoms with van der Waals surface area (Å²) in [4.78, 5) is 44.3.